The molecule has 2 rings (SSSR count). The van der Waals surface area contributed by atoms with Crippen LogP contribution in [0.5, 0.6) is 0 Å². The minimum atomic E-state index is 0.606. The number of pyridine rings is 1. The van der Waals surface area contributed by atoms with Crippen LogP contribution in [0.1, 0.15) is 5.69 Å². The van der Waals surface area contributed by atoms with Gasteiger partial charge in [0.1, 0.15) is 0 Å². The van der Waals surface area contributed by atoms with Gasteiger partial charge in [0.25, 0.3) is 0 Å². The first-order valence-electron chi connectivity index (χ1n) is 4.94. The molecule has 0 unspecified atom stereocenters. The predicted octanol–water partition coefficient (Wildman–Crippen LogP) is 2.93. The molecule has 1 aromatic carbocycles. The topological polar surface area (TPSA) is 50.9 Å². The molecule has 0 radical (unpaired) electrons. The second-order valence-corrected chi connectivity index (χ2v) is 3.82. The van der Waals surface area contributed by atoms with Gasteiger partial charge in [-0.2, -0.15) is 0 Å². The van der Waals surface area contributed by atoms with Crippen LogP contribution in [-0.2, 0) is 6.54 Å². The van der Waals surface area contributed by atoms with E-state index in [-0.39, 0.29) is 0 Å². The van der Waals surface area contributed by atoms with Crippen LogP contribution in [0, 0.1) is 0 Å². The first-order chi connectivity index (χ1) is 7.75. The fourth-order valence-electron chi connectivity index (χ4n) is 1.38. The summed E-state index contributed by atoms with van der Waals surface area (Å²) < 4.78 is 0. The summed E-state index contributed by atoms with van der Waals surface area (Å²) in [6, 6.07) is 11.2. The lowest BCUT2D eigenvalue weighted by Crippen LogP contribution is -2.02. The maximum atomic E-state index is 6.01. The van der Waals surface area contributed by atoms with E-state index in [9.17, 15) is 0 Å². The maximum Gasteiger partial charge on any atom is 0.0637 e. The van der Waals surface area contributed by atoms with Gasteiger partial charge >= 0.3 is 0 Å². The van der Waals surface area contributed by atoms with Crippen molar-refractivity contribution in [1.29, 1.82) is 0 Å². The molecule has 0 fully saturated rings. The number of rotatable bonds is 3. The molecule has 2 aromatic rings. The number of nitrogens with one attached hydrogen (secondary N) is 1. The van der Waals surface area contributed by atoms with E-state index >= 15 is 0 Å². The number of anilines is 2. The molecule has 3 nitrogen and oxygen atoms in total. The molecule has 1 aromatic heterocycles. The van der Waals surface area contributed by atoms with Crippen LogP contribution in [0.3, 0.4) is 0 Å². The van der Waals surface area contributed by atoms with Crippen molar-refractivity contribution in [2.45, 2.75) is 6.54 Å². The van der Waals surface area contributed by atoms with Crippen LogP contribution in [0.25, 0.3) is 0 Å². The van der Waals surface area contributed by atoms with Crippen molar-refractivity contribution in [3.63, 3.8) is 0 Å². The largest absolute Gasteiger partial charge is 0.399 e. The molecule has 0 saturated carbocycles. The van der Waals surface area contributed by atoms with Crippen LogP contribution >= 0.6 is 11.6 Å². The van der Waals surface area contributed by atoms with Gasteiger partial charge in [0.15, 0.2) is 0 Å². The zero-order chi connectivity index (χ0) is 11.4. The van der Waals surface area contributed by atoms with Crippen molar-refractivity contribution in [2.75, 3.05) is 11.1 Å². The molecule has 1 heterocycles. The molecule has 0 saturated heterocycles. The summed E-state index contributed by atoms with van der Waals surface area (Å²) >= 11 is 6.01. The molecule has 0 aliphatic heterocycles. The minimum Gasteiger partial charge on any atom is -0.399 e. The molecular weight excluding hydrogens is 222 g/mol. The molecule has 3 N–H and O–H groups in total. The van der Waals surface area contributed by atoms with Crippen molar-refractivity contribution in [3.05, 3.63) is 53.3 Å². The van der Waals surface area contributed by atoms with Crippen LogP contribution in [0.15, 0.2) is 42.6 Å². The highest BCUT2D eigenvalue weighted by molar-refractivity contribution is 6.33. The van der Waals surface area contributed by atoms with Gasteiger partial charge in [0.2, 0.25) is 0 Å². The fraction of sp³-hybridized carbons (Fsp3) is 0.0833. The smallest absolute Gasteiger partial charge is 0.0637 e. The Bertz CT molecular complexity index is 485. The Labute approximate surface area is 99.3 Å². The van der Waals surface area contributed by atoms with E-state index in [0.29, 0.717) is 17.3 Å². The molecule has 0 bridgehead atoms. The zero-order valence-corrected chi connectivity index (χ0v) is 9.41. The van der Waals surface area contributed by atoms with Gasteiger partial charge in [-0.25, -0.2) is 0 Å². The molecule has 0 atom stereocenters. The molecule has 0 aliphatic carbocycles. The highest BCUT2D eigenvalue weighted by Crippen LogP contribution is 2.20. The standard InChI is InChI=1S/C12H12ClN3/c13-11-3-1-2-4-12(11)16-8-10-7-9(14)5-6-15-10/h1-7,16H,8H2,(H2,14,15). The number of hydrogen-bond acceptors (Lipinski definition) is 3. The Hall–Kier alpha value is -1.74. The third-order valence-electron chi connectivity index (χ3n) is 2.17. The molecular formula is C12H12ClN3. The highest BCUT2D eigenvalue weighted by Gasteiger charge is 1.99. The van der Waals surface area contributed by atoms with Gasteiger partial charge < -0.3 is 11.1 Å². The monoisotopic (exact) mass is 233 g/mol. The lowest BCUT2D eigenvalue weighted by molar-refractivity contribution is 1.05. The predicted molar refractivity (Wildman–Crippen MR) is 67.4 cm³/mol. The zero-order valence-electron chi connectivity index (χ0n) is 8.65. The van der Waals surface area contributed by atoms with Crippen molar-refractivity contribution in [2.24, 2.45) is 0 Å². The van der Waals surface area contributed by atoms with Crippen molar-refractivity contribution in [1.82, 2.24) is 4.98 Å². The Morgan fingerprint density at radius 1 is 1.25 bits per heavy atom. The van der Waals surface area contributed by atoms with Gasteiger partial charge in [0, 0.05) is 11.9 Å². The third-order valence-corrected chi connectivity index (χ3v) is 2.50. The molecule has 0 aliphatic rings. The van der Waals surface area contributed by atoms with E-state index in [1.807, 2.05) is 30.3 Å². The van der Waals surface area contributed by atoms with Gasteiger partial charge in [-0.15, -0.1) is 0 Å². The lowest BCUT2D eigenvalue weighted by atomic mass is 10.3. The average molecular weight is 234 g/mol. The second kappa shape index (κ2) is 4.86. The number of aromatic nitrogens is 1. The van der Waals surface area contributed by atoms with Crippen molar-refractivity contribution >= 4 is 23.0 Å². The normalized spacial score (nSPS) is 10.1. The van der Waals surface area contributed by atoms with Crippen molar-refractivity contribution in [3.8, 4) is 0 Å². The van der Waals surface area contributed by atoms with E-state index < -0.39 is 0 Å². The van der Waals surface area contributed by atoms with Crippen LogP contribution < -0.4 is 11.1 Å². The van der Waals surface area contributed by atoms with Crippen LogP contribution in [0.2, 0.25) is 5.02 Å². The minimum absolute atomic E-state index is 0.606. The first kappa shape index (κ1) is 10.8. The number of hydrogen-bond donors (Lipinski definition) is 2. The number of nitrogen functional groups attached to an aromatic ring is 1. The van der Waals surface area contributed by atoms with E-state index in [1.54, 1.807) is 12.3 Å². The van der Waals surface area contributed by atoms with Gasteiger partial charge in [0.05, 0.1) is 22.9 Å². The number of nitrogens with two attached hydrogens (primary N) is 1. The van der Waals surface area contributed by atoms with E-state index in [4.69, 9.17) is 17.3 Å². The molecule has 0 amide bonds. The maximum absolute atomic E-state index is 6.01. The van der Waals surface area contributed by atoms with Gasteiger partial charge in [-0.1, -0.05) is 23.7 Å². The summed E-state index contributed by atoms with van der Waals surface area (Å²) in [6.45, 7) is 0.606. The summed E-state index contributed by atoms with van der Waals surface area (Å²) in [5, 5.41) is 3.91. The number of halogens is 1. The van der Waals surface area contributed by atoms with Crippen LogP contribution in [-0.4, -0.2) is 4.98 Å². The second-order valence-electron chi connectivity index (χ2n) is 3.41. The van der Waals surface area contributed by atoms with E-state index in [2.05, 4.69) is 10.3 Å². The molecule has 0 spiro atoms. The lowest BCUT2D eigenvalue weighted by Gasteiger charge is -2.07. The Morgan fingerprint density at radius 2 is 2.06 bits per heavy atom. The molecule has 16 heavy (non-hydrogen) atoms. The van der Waals surface area contributed by atoms with E-state index in [0.717, 1.165) is 11.4 Å². The SMILES string of the molecule is Nc1ccnc(CNc2ccccc2Cl)c1. The summed E-state index contributed by atoms with van der Waals surface area (Å²) in [5.41, 5.74) is 8.16. The van der Waals surface area contributed by atoms with Gasteiger partial charge in [-0.05, 0) is 24.3 Å². The first-order valence-corrected chi connectivity index (χ1v) is 5.32. The number of para-hydroxylation sites is 1. The van der Waals surface area contributed by atoms with Gasteiger partial charge in [-0.3, -0.25) is 4.98 Å². The van der Waals surface area contributed by atoms with E-state index in [1.165, 1.54) is 0 Å². The Morgan fingerprint density at radius 3 is 2.81 bits per heavy atom. The fourth-order valence-corrected chi connectivity index (χ4v) is 1.59. The Kier molecular flexibility index (Phi) is 3.27. The quantitative estimate of drug-likeness (QED) is 0.857. The summed E-state index contributed by atoms with van der Waals surface area (Å²) in [5.74, 6) is 0. The number of nitrogens with zero attached hydrogens (tertiary/aromatic N) is 1. The summed E-state index contributed by atoms with van der Waals surface area (Å²) in [7, 11) is 0. The summed E-state index contributed by atoms with van der Waals surface area (Å²) in [6.07, 6.45) is 1.69. The van der Waals surface area contributed by atoms with Crippen LogP contribution in [0.4, 0.5) is 11.4 Å². The number of benzene rings is 1. The highest BCUT2D eigenvalue weighted by atomic mass is 35.5. The Balaban J connectivity index is 2.05. The third kappa shape index (κ3) is 2.64. The average Bonchev–Trinajstić information content (AvgIpc) is 2.28. The molecule has 4 heteroatoms. The summed E-state index contributed by atoms with van der Waals surface area (Å²) in [4.78, 5) is 4.20. The molecule has 82 valence electrons. The van der Waals surface area contributed by atoms with Crippen molar-refractivity contribution < 1.29 is 0 Å².